The van der Waals surface area contributed by atoms with E-state index in [1.807, 2.05) is 23.5 Å². The van der Waals surface area contributed by atoms with Crippen LogP contribution in [0.4, 0.5) is 0 Å². The highest BCUT2D eigenvalue weighted by Gasteiger charge is 2.37. The van der Waals surface area contributed by atoms with E-state index < -0.39 is 0 Å². The van der Waals surface area contributed by atoms with Crippen LogP contribution in [0.25, 0.3) is 77.5 Å². The van der Waals surface area contributed by atoms with Crippen molar-refractivity contribution in [2.24, 2.45) is 0 Å². The van der Waals surface area contributed by atoms with Crippen LogP contribution < -0.4 is 0 Å². The van der Waals surface area contributed by atoms with Crippen LogP contribution >= 0.6 is 23.5 Å². The SMILES string of the molecule is CC1(C)c2ccccc2-c2ccc(-c3ccc4c(c3)Sc3ccc5c6c(ccc-4c36)-c3ccc(-c4ccc6c(c4)C(C)(C)c4ccccc4-6)cc3S5)cc21. The predicted molar refractivity (Wildman–Crippen MR) is 229 cm³/mol. The maximum Gasteiger partial charge on any atom is 0.0208 e. The molecule has 0 saturated carbocycles. The lowest BCUT2D eigenvalue weighted by molar-refractivity contribution is 0.660. The van der Waals surface area contributed by atoms with Gasteiger partial charge in [0, 0.05) is 41.2 Å². The Morgan fingerprint density at radius 3 is 1.09 bits per heavy atom. The first-order valence-electron chi connectivity index (χ1n) is 19.0. The van der Waals surface area contributed by atoms with Crippen LogP contribution in [-0.2, 0) is 10.8 Å². The van der Waals surface area contributed by atoms with Gasteiger partial charge in [-0.25, -0.2) is 0 Å². The van der Waals surface area contributed by atoms with E-state index >= 15 is 0 Å². The lowest BCUT2D eigenvalue weighted by Crippen LogP contribution is -2.14. The van der Waals surface area contributed by atoms with Gasteiger partial charge in [-0.1, -0.05) is 160 Å². The Balaban J connectivity index is 0.915. The Kier molecular flexibility index (Phi) is 6.16. The largest absolute Gasteiger partial charge is 0.0887 e. The van der Waals surface area contributed by atoms with Gasteiger partial charge in [-0.15, -0.1) is 0 Å². The molecule has 2 aliphatic carbocycles. The molecule has 0 N–H and O–H groups in total. The quantitative estimate of drug-likeness (QED) is 0.174. The lowest BCUT2D eigenvalue weighted by Gasteiger charge is -2.27. The van der Waals surface area contributed by atoms with Crippen LogP contribution in [0.5, 0.6) is 0 Å². The molecule has 4 aliphatic rings. The first kappa shape index (κ1) is 31.1. The van der Waals surface area contributed by atoms with Crippen LogP contribution in [0.2, 0.25) is 0 Å². The molecule has 2 aliphatic heterocycles. The Hall–Kier alpha value is -5.28. The summed E-state index contributed by atoms with van der Waals surface area (Å²) in [5, 5.41) is 2.80. The van der Waals surface area contributed by atoms with E-state index in [4.69, 9.17) is 0 Å². The molecule has 0 unspecified atom stereocenters. The van der Waals surface area contributed by atoms with Crippen LogP contribution in [0, 0.1) is 0 Å². The minimum atomic E-state index is -0.00984. The Morgan fingerprint density at radius 2 is 0.648 bits per heavy atom. The second-order valence-corrected chi connectivity index (χ2v) is 18.6. The average molecular weight is 725 g/mol. The topological polar surface area (TPSA) is 0 Å². The van der Waals surface area contributed by atoms with Crippen molar-refractivity contribution in [3.8, 4) is 66.8 Å². The van der Waals surface area contributed by atoms with E-state index in [2.05, 4.69) is 173 Å². The fourth-order valence-corrected chi connectivity index (χ4v) is 12.4. The molecule has 0 aromatic heterocycles. The Bertz CT molecular complexity index is 2790. The van der Waals surface area contributed by atoms with Crippen LogP contribution in [0.1, 0.15) is 49.9 Å². The highest BCUT2D eigenvalue weighted by molar-refractivity contribution is 8.00. The first-order chi connectivity index (χ1) is 26.3. The summed E-state index contributed by atoms with van der Waals surface area (Å²) in [6.45, 7) is 9.46. The van der Waals surface area contributed by atoms with Crippen molar-refractivity contribution < 1.29 is 0 Å². The van der Waals surface area contributed by atoms with Gasteiger partial charge in [0.15, 0.2) is 0 Å². The Labute approximate surface area is 325 Å². The molecule has 54 heavy (non-hydrogen) atoms. The molecule has 0 spiro atoms. The number of fused-ring (bicyclic) bond motifs is 10. The summed E-state index contributed by atoms with van der Waals surface area (Å²) >= 11 is 3.86. The fraction of sp³-hybridized carbons (Fsp3) is 0.115. The highest BCUT2D eigenvalue weighted by Crippen LogP contribution is 2.57. The van der Waals surface area contributed by atoms with E-state index in [0.29, 0.717) is 0 Å². The standard InChI is InChI=1S/C52H36S2/c1-51(2)41-11-7-5-9-33(41)35-17-13-29(25-43(35)51)31-15-19-37-39-21-22-40-38-20-16-32(28-48(38)54-46-24-23-45(49(39)50(40)46)53-47(37)27-31)30-14-18-36-34-10-6-8-12-42(34)52(3,4)44(36)26-30/h5-28H,1-4H3. The zero-order valence-electron chi connectivity index (χ0n) is 30.7. The molecule has 0 radical (unpaired) electrons. The lowest BCUT2D eigenvalue weighted by atomic mass is 9.81. The van der Waals surface area contributed by atoms with Crippen LogP contribution in [0.3, 0.4) is 0 Å². The van der Waals surface area contributed by atoms with E-state index in [1.165, 1.54) is 119 Å². The summed E-state index contributed by atoms with van der Waals surface area (Å²) in [5.74, 6) is 0. The van der Waals surface area contributed by atoms with Gasteiger partial charge in [0.05, 0.1) is 0 Å². The number of rotatable bonds is 2. The summed E-state index contributed by atoms with van der Waals surface area (Å²) in [4.78, 5) is 5.37. The molecule has 0 atom stereocenters. The average Bonchev–Trinajstić information content (AvgIpc) is 3.58. The van der Waals surface area contributed by atoms with Crippen molar-refractivity contribution in [1.29, 1.82) is 0 Å². The zero-order chi connectivity index (χ0) is 36.1. The summed E-state index contributed by atoms with van der Waals surface area (Å²) in [7, 11) is 0. The van der Waals surface area contributed by atoms with Gasteiger partial charge in [-0.3, -0.25) is 0 Å². The molecule has 0 bridgehead atoms. The number of benzene rings is 8. The van der Waals surface area contributed by atoms with Gasteiger partial charge in [0.25, 0.3) is 0 Å². The molecule has 8 aromatic rings. The second-order valence-electron chi connectivity index (χ2n) is 16.5. The van der Waals surface area contributed by atoms with Crippen molar-refractivity contribution in [3.05, 3.63) is 168 Å². The van der Waals surface area contributed by atoms with Crippen molar-refractivity contribution in [2.45, 2.75) is 58.1 Å². The molecule has 0 nitrogen and oxygen atoms in total. The molecule has 0 saturated heterocycles. The molecule has 256 valence electrons. The molecule has 2 heterocycles. The summed E-state index contributed by atoms with van der Waals surface area (Å²) in [6, 6.07) is 55.7. The summed E-state index contributed by atoms with van der Waals surface area (Å²) < 4.78 is 0. The minimum Gasteiger partial charge on any atom is -0.0887 e. The van der Waals surface area contributed by atoms with E-state index in [1.54, 1.807) is 0 Å². The van der Waals surface area contributed by atoms with Gasteiger partial charge >= 0.3 is 0 Å². The van der Waals surface area contributed by atoms with Gasteiger partial charge in [0.1, 0.15) is 0 Å². The third-order valence-electron chi connectivity index (χ3n) is 12.9. The van der Waals surface area contributed by atoms with E-state index in [-0.39, 0.29) is 10.8 Å². The summed E-state index contributed by atoms with van der Waals surface area (Å²) in [6.07, 6.45) is 0. The Morgan fingerprint density at radius 1 is 0.296 bits per heavy atom. The van der Waals surface area contributed by atoms with E-state index in [0.717, 1.165) is 0 Å². The maximum atomic E-state index is 2.44. The molecule has 0 fully saturated rings. The highest BCUT2D eigenvalue weighted by atomic mass is 32.2. The maximum absolute atomic E-state index is 2.44. The third kappa shape index (κ3) is 4.08. The van der Waals surface area contributed by atoms with Gasteiger partial charge in [0.2, 0.25) is 0 Å². The fourth-order valence-electron chi connectivity index (χ4n) is 10.1. The molecular formula is C52H36S2. The number of hydrogen-bond donors (Lipinski definition) is 0. The first-order valence-corrected chi connectivity index (χ1v) is 20.6. The summed E-state index contributed by atoms with van der Waals surface area (Å²) in [5.41, 5.74) is 21.6. The molecular weight excluding hydrogens is 689 g/mol. The normalized spacial score (nSPS) is 15.6. The van der Waals surface area contributed by atoms with Crippen molar-refractivity contribution in [2.75, 3.05) is 0 Å². The van der Waals surface area contributed by atoms with Gasteiger partial charge in [-0.05, 0) is 125 Å². The molecule has 8 aromatic carbocycles. The van der Waals surface area contributed by atoms with Gasteiger partial charge in [-0.2, -0.15) is 0 Å². The van der Waals surface area contributed by atoms with Crippen LogP contribution in [-0.4, -0.2) is 0 Å². The van der Waals surface area contributed by atoms with Crippen molar-refractivity contribution in [1.82, 2.24) is 0 Å². The zero-order valence-corrected chi connectivity index (χ0v) is 32.3. The van der Waals surface area contributed by atoms with Crippen molar-refractivity contribution in [3.63, 3.8) is 0 Å². The van der Waals surface area contributed by atoms with E-state index in [9.17, 15) is 0 Å². The van der Waals surface area contributed by atoms with Crippen molar-refractivity contribution >= 4 is 34.3 Å². The minimum absolute atomic E-state index is 0.00984. The number of hydrogen-bond acceptors (Lipinski definition) is 2. The molecule has 2 heteroatoms. The second kappa shape index (κ2) is 10.7. The molecule has 12 rings (SSSR count). The van der Waals surface area contributed by atoms with Crippen LogP contribution in [0.15, 0.2) is 165 Å². The smallest absolute Gasteiger partial charge is 0.0208 e. The molecule has 0 amide bonds. The van der Waals surface area contributed by atoms with Gasteiger partial charge < -0.3 is 0 Å². The predicted octanol–water partition coefficient (Wildman–Crippen LogP) is 15.0. The monoisotopic (exact) mass is 724 g/mol. The third-order valence-corrected chi connectivity index (χ3v) is 15.1.